The van der Waals surface area contributed by atoms with Gasteiger partial charge in [0, 0.05) is 48.8 Å². The molecule has 2 N–H and O–H groups in total. The molecule has 8 heteroatoms. The SMILES string of the molecule is Cc1ccc(N)cc1N1C=Nc2ccc(N3CCN(C(=O)OC(C)(C)C)CC3)cc2C1C=O. The van der Waals surface area contributed by atoms with E-state index in [1.807, 2.05) is 69.0 Å². The van der Waals surface area contributed by atoms with Gasteiger partial charge in [-0.05, 0) is 63.6 Å². The normalized spacial score (nSPS) is 18.2. The number of amides is 1. The fourth-order valence-electron chi connectivity index (χ4n) is 4.17. The maximum Gasteiger partial charge on any atom is 0.410 e. The van der Waals surface area contributed by atoms with E-state index < -0.39 is 11.6 Å². The Morgan fingerprint density at radius 2 is 1.85 bits per heavy atom. The lowest BCUT2D eigenvalue weighted by molar-refractivity contribution is -0.108. The number of carbonyl (C=O) groups is 2. The molecule has 2 heterocycles. The van der Waals surface area contributed by atoms with Crippen molar-refractivity contribution in [2.45, 2.75) is 39.3 Å². The molecule has 8 nitrogen and oxygen atoms in total. The van der Waals surface area contributed by atoms with Crippen LogP contribution in [0, 0.1) is 6.92 Å². The Labute approximate surface area is 194 Å². The third kappa shape index (κ3) is 4.79. The van der Waals surface area contributed by atoms with Gasteiger partial charge in [-0.3, -0.25) is 0 Å². The number of hydrogen-bond acceptors (Lipinski definition) is 7. The first kappa shape index (κ1) is 22.6. The van der Waals surface area contributed by atoms with Crippen LogP contribution in [0.5, 0.6) is 0 Å². The number of fused-ring (bicyclic) bond motifs is 1. The number of hydrogen-bond donors (Lipinski definition) is 1. The Bertz CT molecular complexity index is 1080. The first-order chi connectivity index (χ1) is 15.7. The lowest BCUT2D eigenvalue weighted by atomic mass is 10.00. The van der Waals surface area contributed by atoms with E-state index in [-0.39, 0.29) is 6.09 Å². The minimum Gasteiger partial charge on any atom is -0.444 e. The number of aryl methyl sites for hydroxylation is 1. The van der Waals surface area contributed by atoms with Gasteiger partial charge in [0.15, 0.2) is 0 Å². The van der Waals surface area contributed by atoms with Crippen LogP contribution in [0.15, 0.2) is 41.4 Å². The Hall–Kier alpha value is -3.55. The third-order valence-corrected chi connectivity index (χ3v) is 5.89. The number of nitrogens with two attached hydrogens (primary N) is 1. The summed E-state index contributed by atoms with van der Waals surface area (Å²) < 4.78 is 5.49. The quantitative estimate of drug-likeness (QED) is 0.561. The number of piperazine rings is 1. The fraction of sp³-hybridized carbons (Fsp3) is 0.400. The number of nitrogen functional groups attached to an aromatic ring is 1. The van der Waals surface area contributed by atoms with Crippen LogP contribution in [0.2, 0.25) is 0 Å². The summed E-state index contributed by atoms with van der Waals surface area (Å²) in [5.41, 5.74) is 10.6. The number of carbonyl (C=O) groups excluding carboxylic acids is 2. The number of rotatable bonds is 3. The molecule has 2 aromatic carbocycles. The van der Waals surface area contributed by atoms with Crippen LogP contribution in [-0.4, -0.2) is 55.4 Å². The predicted octanol–water partition coefficient (Wildman–Crippen LogP) is 4.05. The molecule has 0 aliphatic carbocycles. The van der Waals surface area contributed by atoms with Crippen LogP contribution in [-0.2, 0) is 9.53 Å². The highest BCUT2D eigenvalue weighted by Crippen LogP contribution is 2.38. The van der Waals surface area contributed by atoms with Gasteiger partial charge < -0.3 is 30.0 Å². The molecule has 1 unspecified atom stereocenters. The lowest BCUT2D eigenvalue weighted by Gasteiger charge is -2.37. The first-order valence-electron chi connectivity index (χ1n) is 11.2. The van der Waals surface area contributed by atoms with Crippen molar-refractivity contribution in [3.05, 3.63) is 47.5 Å². The van der Waals surface area contributed by atoms with Gasteiger partial charge in [0.05, 0.1) is 12.0 Å². The molecule has 0 bridgehead atoms. The average Bonchev–Trinajstić information content (AvgIpc) is 2.78. The minimum absolute atomic E-state index is 0.281. The Morgan fingerprint density at radius 1 is 1.12 bits per heavy atom. The molecule has 33 heavy (non-hydrogen) atoms. The van der Waals surface area contributed by atoms with Crippen LogP contribution < -0.4 is 15.5 Å². The number of nitrogens with zero attached hydrogens (tertiary/aromatic N) is 4. The van der Waals surface area contributed by atoms with Crippen LogP contribution in [0.1, 0.15) is 37.9 Å². The van der Waals surface area contributed by atoms with Gasteiger partial charge in [-0.1, -0.05) is 6.07 Å². The summed E-state index contributed by atoms with van der Waals surface area (Å²) in [4.78, 5) is 35.0. The molecular weight excluding hydrogens is 418 g/mol. The summed E-state index contributed by atoms with van der Waals surface area (Å²) in [6, 6.07) is 11.1. The Balaban J connectivity index is 1.53. The summed E-state index contributed by atoms with van der Waals surface area (Å²) in [5.74, 6) is 0. The van der Waals surface area contributed by atoms with E-state index >= 15 is 0 Å². The first-order valence-corrected chi connectivity index (χ1v) is 11.2. The molecular formula is C25H31N5O3. The van der Waals surface area contributed by atoms with Crippen LogP contribution >= 0.6 is 0 Å². The van der Waals surface area contributed by atoms with Crippen molar-refractivity contribution < 1.29 is 14.3 Å². The summed E-state index contributed by atoms with van der Waals surface area (Å²) >= 11 is 0. The highest BCUT2D eigenvalue weighted by molar-refractivity contribution is 5.93. The number of ether oxygens (including phenoxy) is 1. The van der Waals surface area contributed by atoms with Gasteiger partial charge in [-0.25, -0.2) is 9.79 Å². The van der Waals surface area contributed by atoms with Crippen molar-refractivity contribution in [3.8, 4) is 0 Å². The smallest absolute Gasteiger partial charge is 0.410 e. The van der Waals surface area contributed by atoms with Crippen molar-refractivity contribution in [1.29, 1.82) is 0 Å². The highest BCUT2D eigenvalue weighted by Gasteiger charge is 2.29. The van der Waals surface area contributed by atoms with Crippen molar-refractivity contribution in [2.24, 2.45) is 4.99 Å². The topological polar surface area (TPSA) is 91.5 Å². The average molecular weight is 450 g/mol. The molecule has 2 aliphatic rings. The van der Waals surface area contributed by atoms with Crippen LogP contribution in [0.3, 0.4) is 0 Å². The van der Waals surface area contributed by atoms with Crippen LogP contribution in [0.25, 0.3) is 0 Å². The maximum absolute atomic E-state index is 12.4. The summed E-state index contributed by atoms with van der Waals surface area (Å²) in [6.45, 7) is 10.1. The third-order valence-electron chi connectivity index (χ3n) is 5.89. The molecule has 0 radical (unpaired) electrons. The van der Waals surface area contributed by atoms with Gasteiger partial charge >= 0.3 is 6.09 Å². The molecule has 1 fully saturated rings. The van der Waals surface area contributed by atoms with Gasteiger partial charge in [0.1, 0.15) is 17.9 Å². The van der Waals surface area contributed by atoms with E-state index in [9.17, 15) is 9.59 Å². The van der Waals surface area contributed by atoms with Crippen molar-refractivity contribution >= 4 is 41.5 Å². The van der Waals surface area contributed by atoms with Gasteiger partial charge in [-0.2, -0.15) is 0 Å². The maximum atomic E-state index is 12.4. The summed E-state index contributed by atoms with van der Waals surface area (Å²) in [7, 11) is 0. The largest absolute Gasteiger partial charge is 0.444 e. The monoisotopic (exact) mass is 449 g/mol. The number of anilines is 3. The van der Waals surface area contributed by atoms with Crippen molar-refractivity contribution in [2.75, 3.05) is 41.7 Å². The zero-order chi connectivity index (χ0) is 23.8. The Morgan fingerprint density at radius 3 is 2.52 bits per heavy atom. The summed E-state index contributed by atoms with van der Waals surface area (Å²) in [6.07, 6.45) is 2.36. The number of benzene rings is 2. The Kier molecular flexibility index (Phi) is 6.01. The van der Waals surface area contributed by atoms with E-state index in [4.69, 9.17) is 10.5 Å². The zero-order valence-electron chi connectivity index (χ0n) is 19.6. The van der Waals surface area contributed by atoms with E-state index in [1.54, 1.807) is 11.2 Å². The molecule has 1 amide bonds. The highest BCUT2D eigenvalue weighted by atomic mass is 16.6. The summed E-state index contributed by atoms with van der Waals surface area (Å²) in [5, 5.41) is 0. The molecule has 1 saturated heterocycles. The predicted molar refractivity (Wildman–Crippen MR) is 131 cm³/mol. The molecule has 1 atom stereocenters. The van der Waals surface area contributed by atoms with Gasteiger partial charge in [0.25, 0.3) is 0 Å². The van der Waals surface area contributed by atoms with Crippen molar-refractivity contribution in [1.82, 2.24) is 4.90 Å². The number of aldehydes is 1. The second-order valence-electron chi connectivity index (χ2n) is 9.48. The second-order valence-corrected chi connectivity index (χ2v) is 9.48. The van der Waals surface area contributed by atoms with Crippen LogP contribution in [0.4, 0.5) is 27.5 Å². The lowest BCUT2D eigenvalue weighted by Crippen LogP contribution is -2.50. The van der Waals surface area contributed by atoms with E-state index in [2.05, 4.69) is 9.89 Å². The zero-order valence-corrected chi connectivity index (χ0v) is 19.6. The molecule has 2 aliphatic heterocycles. The van der Waals surface area contributed by atoms with E-state index in [0.717, 1.165) is 34.5 Å². The molecule has 2 aromatic rings. The molecule has 0 aromatic heterocycles. The number of aliphatic imine (C=N–C) groups is 1. The minimum atomic E-state index is -0.509. The molecule has 4 rings (SSSR count). The molecule has 0 saturated carbocycles. The fourth-order valence-corrected chi connectivity index (χ4v) is 4.17. The van der Waals surface area contributed by atoms with E-state index in [1.165, 1.54) is 0 Å². The van der Waals surface area contributed by atoms with Crippen molar-refractivity contribution in [3.63, 3.8) is 0 Å². The van der Waals surface area contributed by atoms with E-state index in [0.29, 0.717) is 31.9 Å². The molecule has 174 valence electrons. The molecule has 0 spiro atoms. The second kappa shape index (κ2) is 8.77. The standard InChI is InChI=1S/C25H31N5O3/c1-17-5-6-18(26)13-22(17)30-16-27-21-8-7-19(14-20(21)23(30)15-31)28-9-11-29(12-10-28)24(32)33-25(2,3)4/h5-8,13-16,23H,9-12,26H2,1-4H3. The van der Waals surface area contributed by atoms with Gasteiger partial charge in [-0.15, -0.1) is 0 Å². The van der Waals surface area contributed by atoms with Gasteiger partial charge in [0.2, 0.25) is 0 Å².